The fourth-order valence-corrected chi connectivity index (χ4v) is 2.74. The number of unbranched alkanes of at least 4 members (excludes halogenated alkanes) is 1. The number of likely N-dealkylation sites (N-methyl/N-ethyl adjacent to an activating group) is 1. The van der Waals surface area contributed by atoms with Crippen molar-refractivity contribution in [3.8, 4) is 0 Å². The summed E-state index contributed by atoms with van der Waals surface area (Å²) in [5, 5.41) is 2.85. The van der Waals surface area contributed by atoms with E-state index in [1.807, 2.05) is 42.8 Å². The second-order valence-corrected chi connectivity index (χ2v) is 6.14. The second kappa shape index (κ2) is 7.95. The Kier molecular flexibility index (Phi) is 5.95. The molecule has 1 aromatic heterocycles. The van der Waals surface area contributed by atoms with Crippen molar-refractivity contribution in [1.82, 2.24) is 19.8 Å². The van der Waals surface area contributed by atoms with Gasteiger partial charge in [0, 0.05) is 20.5 Å². The highest BCUT2D eigenvalue weighted by molar-refractivity contribution is 5.81. The molecular weight excluding hydrogens is 304 g/mol. The summed E-state index contributed by atoms with van der Waals surface area (Å²) in [6.07, 6.45) is 2.04. The maximum Gasteiger partial charge on any atom is 0.242 e. The number of fused-ring (bicyclic) bond motifs is 1. The fraction of sp³-hybridized carbons (Fsp3) is 0.500. The molecule has 24 heavy (non-hydrogen) atoms. The molecule has 0 fully saturated rings. The summed E-state index contributed by atoms with van der Waals surface area (Å²) in [4.78, 5) is 30.3. The molecule has 0 saturated carbocycles. The van der Waals surface area contributed by atoms with Crippen molar-refractivity contribution in [3.63, 3.8) is 0 Å². The Morgan fingerprint density at radius 2 is 2.04 bits per heavy atom. The van der Waals surface area contributed by atoms with Gasteiger partial charge in [-0.05, 0) is 25.5 Å². The summed E-state index contributed by atoms with van der Waals surface area (Å²) in [7, 11) is 1.83. The van der Waals surface area contributed by atoms with Crippen LogP contribution in [0.25, 0.3) is 11.0 Å². The van der Waals surface area contributed by atoms with Crippen LogP contribution in [0.4, 0.5) is 0 Å². The van der Waals surface area contributed by atoms with E-state index in [4.69, 9.17) is 0 Å². The topological polar surface area (TPSA) is 67.2 Å². The zero-order valence-corrected chi connectivity index (χ0v) is 14.9. The van der Waals surface area contributed by atoms with Crippen molar-refractivity contribution in [2.45, 2.75) is 46.2 Å². The number of carbonyl (C=O) groups is 2. The lowest BCUT2D eigenvalue weighted by molar-refractivity contribution is -0.130. The summed E-state index contributed by atoms with van der Waals surface area (Å²) < 4.78 is 1.90. The number of aromatic nitrogens is 2. The summed E-state index contributed by atoms with van der Waals surface area (Å²) in [5.74, 6) is 0.624. The lowest BCUT2D eigenvalue weighted by Gasteiger charge is -2.20. The van der Waals surface area contributed by atoms with Gasteiger partial charge >= 0.3 is 0 Å². The Morgan fingerprint density at radius 3 is 2.71 bits per heavy atom. The molecule has 0 aliphatic heterocycles. The van der Waals surface area contributed by atoms with E-state index in [1.54, 1.807) is 4.90 Å². The van der Waals surface area contributed by atoms with E-state index < -0.39 is 0 Å². The largest absolute Gasteiger partial charge is 0.347 e. The first-order valence-electron chi connectivity index (χ1n) is 8.40. The summed E-state index contributed by atoms with van der Waals surface area (Å²) in [5.41, 5.74) is 1.73. The van der Waals surface area contributed by atoms with E-state index in [-0.39, 0.29) is 24.4 Å². The predicted molar refractivity (Wildman–Crippen MR) is 94.5 cm³/mol. The number of amides is 2. The maximum atomic E-state index is 12.5. The standard InChI is InChI=1S/C18H26N4O2/c1-5-6-11-21(4)17(24)12-22-16-10-8-7-9-15(16)20-18(22)13(2)19-14(3)23/h7-10,13H,5-6,11-12H2,1-4H3,(H,19,23). The molecule has 130 valence electrons. The fourth-order valence-electron chi connectivity index (χ4n) is 2.74. The van der Waals surface area contributed by atoms with Gasteiger partial charge in [-0.1, -0.05) is 25.5 Å². The minimum Gasteiger partial charge on any atom is -0.347 e. The van der Waals surface area contributed by atoms with Gasteiger partial charge in [-0.25, -0.2) is 4.98 Å². The van der Waals surface area contributed by atoms with E-state index in [2.05, 4.69) is 17.2 Å². The van der Waals surface area contributed by atoms with Crippen molar-refractivity contribution < 1.29 is 9.59 Å². The number of carbonyl (C=O) groups excluding carboxylic acids is 2. The molecule has 2 amide bonds. The molecule has 6 heteroatoms. The van der Waals surface area contributed by atoms with E-state index in [9.17, 15) is 9.59 Å². The molecule has 6 nitrogen and oxygen atoms in total. The molecule has 0 radical (unpaired) electrons. The van der Waals surface area contributed by atoms with Crippen LogP contribution in [-0.4, -0.2) is 39.9 Å². The third-order valence-corrected chi connectivity index (χ3v) is 4.06. The van der Waals surface area contributed by atoms with Crippen LogP contribution >= 0.6 is 0 Å². The molecule has 1 unspecified atom stereocenters. The lowest BCUT2D eigenvalue weighted by atomic mass is 10.3. The highest BCUT2D eigenvalue weighted by Gasteiger charge is 2.20. The molecule has 0 saturated heterocycles. The Bertz CT molecular complexity index is 723. The molecule has 0 aliphatic rings. The van der Waals surface area contributed by atoms with Crippen molar-refractivity contribution in [2.75, 3.05) is 13.6 Å². The number of hydrogen-bond donors (Lipinski definition) is 1. The van der Waals surface area contributed by atoms with Gasteiger partial charge in [-0.3, -0.25) is 9.59 Å². The maximum absolute atomic E-state index is 12.5. The Labute approximate surface area is 142 Å². The van der Waals surface area contributed by atoms with Crippen LogP contribution in [-0.2, 0) is 16.1 Å². The van der Waals surface area contributed by atoms with Gasteiger partial charge < -0.3 is 14.8 Å². The summed E-state index contributed by atoms with van der Waals surface area (Å²) in [6, 6.07) is 7.45. The van der Waals surface area contributed by atoms with Crippen LogP contribution in [0.3, 0.4) is 0 Å². The minimum absolute atomic E-state index is 0.0443. The van der Waals surface area contributed by atoms with E-state index in [1.165, 1.54) is 6.92 Å². The molecule has 1 N–H and O–H groups in total. The average Bonchev–Trinajstić information content (AvgIpc) is 2.91. The molecule has 1 atom stereocenters. The SMILES string of the molecule is CCCCN(C)C(=O)Cn1c(C(C)NC(C)=O)nc2ccccc21. The van der Waals surface area contributed by atoms with Crippen LogP contribution in [0.5, 0.6) is 0 Å². The highest BCUT2D eigenvalue weighted by Crippen LogP contribution is 2.21. The van der Waals surface area contributed by atoms with Gasteiger partial charge in [0.2, 0.25) is 11.8 Å². The summed E-state index contributed by atoms with van der Waals surface area (Å²) in [6.45, 7) is 6.44. The Morgan fingerprint density at radius 1 is 1.33 bits per heavy atom. The zero-order valence-electron chi connectivity index (χ0n) is 14.9. The van der Waals surface area contributed by atoms with Crippen LogP contribution in [0.1, 0.15) is 45.5 Å². The number of nitrogens with one attached hydrogen (secondary N) is 1. The first-order chi connectivity index (χ1) is 11.4. The average molecular weight is 330 g/mol. The van der Waals surface area contributed by atoms with Gasteiger partial charge in [0.15, 0.2) is 0 Å². The second-order valence-electron chi connectivity index (χ2n) is 6.14. The van der Waals surface area contributed by atoms with Gasteiger partial charge in [-0.15, -0.1) is 0 Å². The molecular formula is C18H26N4O2. The molecule has 1 heterocycles. The number of imidazole rings is 1. The van der Waals surface area contributed by atoms with E-state index in [0.717, 1.165) is 30.4 Å². The van der Waals surface area contributed by atoms with Crippen LogP contribution in [0.15, 0.2) is 24.3 Å². The molecule has 0 bridgehead atoms. The Hall–Kier alpha value is -2.37. The van der Waals surface area contributed by atoms with Crippen LogP contribution in [0, 0.1) is 0 Å². The third kappa shape index (κ3) is 4.13. The van der Waals surface area contributed by atoms with E-state index in [0.29, 0.717) is 5.82 Å². The quantitative estimate of drug-likeness (QED) is 0.848. The molecule has 1 aromatic carbocycles. The zero-order chi connectivity index (χ0) is 17.7. The number of benzene rings is 1. The van der Waals surface area contributed by atoms with Gasteiger partial charge in [-0.2, -0.15) is 0 Å². The van der Waals surface area contributed by atoms with Gasteiger partial charge in [0.1, 0.15) is 12.4 Å². The van der Waals surface area contributed by atoms with Gasteiger partial charge in [0.05, 0.1) is 17.1 Å². The van der Waals surface area contributed by atoms with Crippen molar-refractivity contribution in [2.24, 2.45) is 0 Å². The van der Waals surface area contributed by atoms with Crippen molar-refractivity contribution in [1.29, 1.82) is 0 Å². The molecule has 2 rings (SSSR count). The third-order valence-electron chi connectivity index (χ3n) is 4.06. The minimum atomic E-state index is -0.261. The number of nitrogens with zero attached hydrogens (tertiary/aromatic N) is 3. The first kappa shape index (κ1) is 18.0. The molecule has 2 aromatic rings. The lowest BCUT2D eigenvalue weighted by Crippen LogP contribution is -2.33. The smallest absolute Gasteiger partial charge is 0.242 e. The Balaban J connectivity index is 2.32. The number of hydrogen-bond acceptors (Lipinski definition) is 3. The van der Waals surface area contributed by atoms with Crippen LogP contribution < -0.4 is 5.32 Å². The monoisotopic (exact) mass is 330 g/mol. The molecule has 0 aliphatic carbocycles. The number of rotatable bonds is 7. The van der Waals surface area contributed by atoms with Crippen LogP contribution in [0.2, 0.25) is 0 Å². The summed E-state index contributed by atoms with van der Waals surface area (Å²) >= 11 is 0. The predicted octanol–water partition coefficient (Wildman–Crippen LogP) is 2.49. The van der Waals surface area contributed by atoms with Crippen molar-refractivity contribution in [3.05, 3.63) is 30.1 Å². The highest BCUT2D eigenvalue weighted by atomic mass is 16.2. The normalized spacial score (nSPS) is 12.2. The van der Waals surface area contributed by atoms with Crippen molar-refractivity contribution >= 4 is 22.8 Å². The number of para-hydroxylation sites is 2. The first-order valence-corrected chi connectivity index (χ1v) is 8.40. The van der Waals surface area contributed by atoms with E-state index >= 15 is 0 Å². The molecule has 0 spiro atoms. The van der Waals surface area contributed by atoms with Gasteiger partial charge in [0.25, 0.3) is 0 Å².